The molecule has 0 bridgehead atoms. The van der Waals surface area contributed by atoms with Crippen LogP contribution in [0, 0.1) is 5.92 Å². The molecule has 0 saturated carbocycles. The number of phosphoric ester groups is 1. The van der Waals surface area contributed by atoms with Crippen LogP contribution in [0.5, 0.6) is 0 Å². The fourth-order valence-corrected chi connectivity index (χ4v) is 4.42. The van der Waals surface area contributed by atoms with Gasteiger partial charge in [0.25, 0.3) is 5.56 Å². The van der Waals surface area contributed by atoms with E-state index in [-0.39, 0.29) is 19.8 Å². The summed E-state index contributed by atoms with van der Waals surface area (Å²) in [6.07, 6.45) is -1.56. The van der Waals surface area contributed by atoms with Crippen LogP contribution in [0.3, 0.4) is 0 Å². The van der Waals surface area contributed by atoms with Crippen molar-refractivity contribution in [1.29, 1.82) is 0 Å². The number of H-pyrrole nitrogens is 1. The van der Waals surface area contributed by atoms with E-state index in [4.69, 9.17) is 18.3 Å². The predicted molar refractivity (Wildman–Crippen MR) is 95.5 cm³/mol. The molecule has 0 spiro atoms. The second-order valence-electron chi connectivity index (χ2n) is 6.53. The van der Waals surface area contributed by atoms with E-state index in [1.807, 2.05) is 30.3 Å². The largest absolute Gasteiger partial charge is 0.475 e. The number of aliphatic hydroxyl groups is 1. The van der Waals surface area contributed by atoms with Crippen molar-refractivity contribution < 1.29 is 28.0 Å². The van der Waals surface area contributed by atoms with Crippen molar-refractivity contribution in [3.05, 3.63) is 69.0 Å². The third kappa shape index (κ3) is 3.88. The maximum absolute atomic E-state index is 12.7. The fraction of sp³-hybridized carbons (Fsp3) is 0.412. The first-order chi connectivity index (χ1) is 13.5. The number of hydrogen-bond acceptors (Lipinski definition) is 8. The van der Waals surface area contributed by atoms with Gasteiger partial charge in [-0.05, 0) is 5.56 Å². The third-order valence-corrected chi connectivity index (χ3v) is 6.08. The molecule has 0 aliphatic carbocycles. The summed E-state index contributed by atoms with van der Waals surface area (Å²) in [5, 5.41) is 10.6. The number of rotatable bonds is 4. The molecule has 5 atom stereocenters. The Morgan fingerprint density at radius 2 is 1.93 bits per heavy atom. The summed E-state index contributed by atoms with van der Waals surface area (Å²) in [4.78, 5) is 25.3. The summed E-state index contributed by atoms with van der Waals surface area (Å²) >= 11 is 0. The number of aliphatic hydroxyl groups excluding tert-OH is 1. The Morgan fingerprint density at radius 1 is 1.18 bits per heavy atom. The van der Waals surface area contributed by atoms with Gasteiger partial charge < -0.3 is 9.84 Å². The zero-order valence-corrected chi connectivity index (χ0v) is 15.6. The van der Waals surface area contributed by atoms with Crippen LogP contribution in [0.1, 0.15) is 11.8 Å². The molecule has 2 saturated heterocycles. The first kappa shape index (κ1) is 19.3. The molecule has 0 unspecified atom stereocenters. The van der Waals surface area contributed by atoms with Crippen molar-refractivity contribution >= 4 is 7.82 Å². The zero-order chi connectivity index (χ0) is 19.7. The van der Waals surface area contributed by atoms with E-state index in [2.05, 4.69) is 4.98 Å². The molecule has 28 heavy (non-hydrogen) atoms. The predicted octanol–water partition coefficient (Wildman–Crippen LogP) is 0.783. The van der Waals surface area contributed by atoms with Crippen molar-refractivity contribution in [2.45, 2.75) is 25.0 Å². The third-order valence-electron chi connectivity index (χ3n) is 4.70. The molecule has 1 aromatic heterocycles. The van der Waals surface area contributed by atoms with Crippen LogP contribution in [0.25, 0.3) is 0 Å². The Balaban J connectivity index is 1.44. The van der Waals surface area contributed by atoms with E-state index in [9.17, 15) is 19.3 Å². The van der Waals surface area contributed by atoms with Crippen molar-refractivity contribution in [2.24, 2.45) is 5.92 Å². The number of nitrogens with zero attached hydrogens (tertiary/aromatic N) is 1. The lowest BCUT2D eigenvalue weighted by molar-refractivity contribution is -0.0531. The van der Waals surface area contributed by atoms with E-state index in [1.165, 1.54) is 6.20 Å². The highest BCUT2D eigenvalue weighted by molar-refractivity contribution is 7.48. The summed E-state index contributed by atoms with van der Waals surface area (Å²) in [6, 6.07) is 10.3. The van der Waals surface area contributed by atoms with Gasteiger partial charge in [-0.3, -0.25) is 27.9 Å². The van der Waals surface area contributed by atoms with Gasteiger partial charge in [0.05, 0.1) is 25.9 Å². The molecule has 2 N–H and O–H groups in total. The molecule has 1 aromatic carbocycles. The first-order valence-corrected chi connectivity index (χ1v) is 10.1. The van der Waals surface area contributed by atoms with Crippen LogP contribution < -0.4 is 11.2 Å². The standard InChI is InChI=1S/C17H19N2O8P/c20-14-6-7-19(17(22)18-14)16-15(21)12-9-25-28(23,26-10-13(12)27-16)24-8-11-4-2-1-3-5-11/h1-7,12-13,15-16,21H,8-10H2,(H,18,20,22)/t12-,13-,15-,16-,28-/m1/s1. The molecule has 150 valence electrons. The van der Waals surface area contributed by atoms with Gasteiger partial charge in [0.2, 0.25) is 0 Å². The Bertz CT molecular complexity index is 990. The number of aromatic amines is 1. The second kappa shape index (κ2) is 7.75. The summed E-state index contributed by atoms with van der Waals surface area (Å²) in [7, 11) is -3.82. The number of nitrogens with one attached hydrogen (secondary N) is 1. The molecule has 2 aliphatic heterocycles. The van der Waals surface area contributed by atoms with Gasteiger partial charge in [-0.15, -0.1) is 0 Å². The smallest absolute Gasteiger partial charge is 0.388 e. The van der Waals surface area contributed by atoms with Gasteiger partial charge in [0.1, 0.15) is 6.10 Å². The molecule has 2 fully saturated rings. The van der Waals surface area contributed by atoms with Crippen molar-refractivity contribution in [2.75, 3.05) is 13.2 Å². The van der Waals surface area contributed by atoms with Crippen molar-refractivity contribution in [3.63, 3.8) is 0 Å². The normalized spacial score (nSPS) is 32.6. The first-order valence-electron chi connectivity index (χ1n) is 8.68. The highest BCUT2D eigenvalue weighted by Crippen LogP contribution is 2.54. The zero-order valence-electron chi connectivity index (χ0n) is 14.7. The summed E-state index contributed by atoms with van der Waals surface area (Å²) in [6.45, 7) is -0.221. The Kier molecular flexibility index (Phi) is 5.33. The van der Waals surface area contributed by atoms with Gasteiger partial charge in [0.15, 0.2) is 6.23 Å². The van der Waals surface area contributed by atoms with Crippen LogP contribution in [-0.2, 0) is 29.5 Å². The summed E-state index contributed by atoms with van der Waals surface area (Å²) in [5.74, 6) is -0.583. The maximum Gasteiger partial charge on any atom is 0.475 e. The Labute approximate surface area is 159 Å². The molecule has 0 radical (unpaired) electrons. The number of phosphoric acid groups is 1. The highest BCUT2D eigenvalue weighted by atomic mass is 31.2. The number of benzene rings is 1. The van der Waals surface area contributed by atoms with Crippen LogP contribution >= 0.6 is 7.82 Å². The van der Waals surface area contributed by atoms with E-state index in [1.54, 1.807) is 0 Å². The molecule has 0 amide bonds. The van der Waals surface area contributed by atoms with Crippen LogP contribution in [-0.4, -0.2) is 40.1 Å². The molecular weight excluding hydrogens is 391 g/mol. The highest BCUT2D eigenvalue weighted by Gasteiger charge is 2.49. The maximum atomic E-state index is 12.7. The SMILES string of the molecule is O=c1ccn([C@@H]2O[C@@H]3CO[P@](=O)(OCc4ccccc4)OC[C@H]3[C@H]2O)c(=O)[nH]1. The lowest BCUT2D eigenvalue weighted by Crippen LogP contribution is -2.36. The van der Waals surface area contributed by atoms with E-state index in [0.29, 0.717) is 0 Å². The van der Waals surface area contributed by atoms with Gasteiger partial charge >= 0.3 is 13.5 Å². The van der Waals surface area contributed by atoms with Crippen LogP contribution in [0.2, 0.25) is 0 Å². The molecule has 11 heteroatoms. The molecule has 4 rings (SSSR count). The average molecular weight is 410 g/mol. The average Bonchev–Trinajstić information content (AvgIpc) is 2.89. The van der Waals surface area contributed by atoms with Gasteiger partial charge in [-0.1, -0.05) is 30.3 Å². The summed E-state index contributed by atoms with van der Waals surface area (Å²) in [5.41, 5.74) is -0.444. The van der Waals surface area contributed by atoms with Gasteiger partial charge in [0, 0.05) is 18.2 Å². The van der Waals surface area contributed by atoms with E-state index >= 15 is 0 Å². The van der Waals surface area contributed by atoms with Gasteiger partial charge in [-0.25, -0.2) is 9.36 Å². The minimum Gasteiger partial charge on any atom is -0.388 e. The van der Waals surface area contributed by atoms with Crippen LogP contribution in [0.15, 0.2) is 52.2 Å². The number of fused-ring (bicyclic) bond motifs is 1. The lowest BCUT2D eigenvalue weighted by atomic mass is 9.99. The van der Waals surface area contributed by atoms with E-state index in [0.717, 1.165) is 16.2 Å². The number of ether oxygens (including phenoxy) is 1. The Morgan fingerprint density at radius 3 is 2.68 bits per heavy atom. The minimum absolute atomic E-state index is 0.0479. The molecule has 2 aromatic rings. The van der Waals surface area contributed by atoms with Crippen molar-refractivity contribution in [3.8, 4) is 0 Å². The molecule has 2 aliphatic rings. The van der Waals surface area contributed by atoms with Crippen LogP contribution in [0.4, 0.5) is 0 Å². The second-order valence-corrected chi connectivity index (χ2v) is 8.20. The van der Waals surface area contributed by atoms with E-state index < -0.39 is 43.4 Å². The monoisotopic (exact) mass is 410 g/mol. The molecule has 10 nitrogen and oxygen atoms in total. The fourth-order valence-electron chi connectivity index (χ4n) is 3.20. The minimum atomic E-state index is -3.82. The summed E-state index contributed by atoms with van der Waals surface area (Å²) < 4.78 is 35.6. The van der Waals surface area contributed by atoms with Crippen molar-refractivity contribution in [1.82, 2.24) is 9.55 Å². The topological polar surface area (TPSA) is 129 Å². The number of hydrogen-bond donors (Lipinski definition) is 2. The number of aromatic nitrogens is 2. The quantitative estimate of drug-likeness (QED) is 0.708. The lowest BCUT2D eigenvalue weighted by Gasteiger charge is -2.20. The Hall–Kier alpha value is -2.07. The van der Waals surface area contributed by atoms with Gasteiger partial charge in [-0.2, -0.15) is 0 Å². The molecular formula is C17H19N2O8P. The molecule has 3 heterocycles.